The molecule has 29 heavy (non-hydrogen) atoms. The van der Waals surface area contributed by atoms with E-state index in [0.717, 1.165) is 24.2 Å². The zero-order valence-corrected chi connectivity index (χ0v) is 18.5. The van der Waals surface area contributed by atoms with Crippen LogP contribution in [0.5, 0.6) is 0 Å². The first-order valence-corrected chi connectivity index (χ1v) is 12.5. The van der Waals surface area contributed by atoms with Crippen LogP contribution in [0.2, 0.25) is 0 Å². The fraction of sp³-hybridized carbons (Fsp3) is 0.524. The minimum atomic E-state index is -3.64. The average Bonchev–Trinajstić information content (AvgIpc) is 2.69. The summed E-state index contributed by atoms with van der Waals surface area (Å²) in [6.45, 7) is 3.89. The first kappa shape index (κ1) is 21.9. The van der Waals surface area contributed by atoms with Crippen molar-refractivity contribution in [3.63, 3.8) is 0 Å². The third kappa shape index (κ3) is 5.42. The normalized spacial score (nSPS) is 20.3. The van der Waals surface area contributed by atoms with Gasteiger partial charge in [0.2, 0.25) is 11.8 Å². The number of amides is 2. The molecule has 6 nitrogen and oxygen atoms in total. The lowest BCUT2D eigenvalue weighted by molar-refractivity contribution is -0.121. The average molecular weight is 437 g/mol. The molecule has 158 valence electrons. The molecule has 0 spiro atoms. The molecule has 0 saturated heterocycles. The lowest BCUT2D eigenvalue weighted by Crippen LogP contribution is -2.31. The lowest BCUT2D eigenvalue weighted by atomic mass is 9.97. The molecular weight excluding hydrogens is 408 g/mol. The summed E-state index contributed by atoms with van der Waals surface area (Å²) in [6, 6.07) is 4.70. The summed E-state index contributed by atoms with van der Waals surface area (Å²) in [7, 11) is -3.64. The highest BCUT2D eigenvalue weighted by Crippen LogP contribution is 2.37. The quantitative estimate of drug-likeness (QED) is 0.636. The molecule has 1 aliphatic heterocycles. The second kappa shape index (κ2) is 9.34. The predicted octanol–water partition coefficient (Wildman–Crippen LogP) is 3.68. The molecule has 1 aromatic carbocycles. The highest BCUT2D eigenvalue weighted by Gasteiger charge is 2.29. The van der Waals surface area contributed by atoms with Crippen molar-refractivity contribution >= 4 is 39.1 Å². The molecule has 1 heterocycles. The van der Waals surface area contributed by atoms with Crippen molar-refractivity contribution in [1.82, 2.24) is 5.32 Å². The Bertz CT molecular complexity index is 925. The van der Waals surface area contributed by atoms with Crippen molar-refractivity contribution in [1.29, 1.82) is 0 Å². The van der Waals surface area contributed by atoms with Gasteiger partial charge >= 0.3 is 0 Å². The Morgan fingerprint density at radius 3 is 2.86 bits per heavy atom. The van der Waals surface area contributed by atoms with E-state index in [1.807, 2.05) is 0 Å². The Labute approximate surface area is 176 Å². The molecule has 0 saturated carbocycles. The van der Waals surface area contributed by atoms with Crippen LogP contribution < -0.4 is 10.6 Å². The molecular formula is C21H28N2O4S2. The fourth-order valence-electron chi connectivity index (χ4n) is 3.53. The molecule has 2 amide bonds. The molecule has 2 aliphatic rings. The second-order valence-corrected chi connectivity index (χ2v) is 11.4. The van der Waals surface area contributed by atoms with E-state index in [-0.39, 0.29) is 28.4 Å². The third-order valence-electron chi connectivity index (χ3n) is 5.37. The molecule has 8 heteroatoms. The van der Waals surface area contributed by atoms with Crippen LogP contribution in [0.4, 0.5) is 5.69 Å². The van der Waals surface area contributed by atoms with Crippen LogP contribution in [-0.4, -0.2) is 37.3 Å². The number of benzene rings is 1. The van der Waals surface area contributed by atoms with Crippen molar-refractivity contribution in [2.24, 2.45) is 0 Å². The largest absolute Gasteiger partial charge is 0.356 e. The number of rotatable bonds is 7. The molecule has 2 atom stereocenters. The van der Waals surface area contributed by atoms with Crippen molar-refractivity contribution in [3.05, 3.63) is 29.8 Å². The van der Waals surface area contributed by atoms with Gasteiger partial charge in [0.05, 0.1) is 21.1 Å². The van der Waals surface area contributed by atoms with Gasteiger partial charge in [0.1, 0.15) is 0 Å². The Morgan fingerprint density at radius 2 is 2.14 bits per heavy atom. The number of carbonyl (C=O) groups excluding carboxylic acids is 2. The summed E-state index contributed by atoms with van der Waals surface area (Å²) in [5.41, 5.74) is 2.00. The van der Waals surface area contributed by atoms with Gasteiger partial charge in [0.25, 0.3) is 0 Å². The van der Waals surface area contributed by atoms with E-state index in [1.54, 1.807) is 26.0 Å². The van der Waals surface area contributed by atoms with E-state index in [2.05, 4.69) is 16.7 Å². The molecule has 0 radical (unpaired) electrons. The summed E-state index contributed by atoms with van der Waals surface area (Å²) in [6.07, 6.45) is 7.65. The topological polar surface area (TPSA) is 92.3 Å². The number of anilines is 1. The summed E-state index contributed by atoms with van der Waals surface area (Å²) in [5.74, 6) is -0.335. The molecule has 0 bridgehead atoms. The minimum absolute atomic E-state index is 0.0707. The Balaban J connectivity index is 1.58. The number of carbonyl (C=O) groups is 2. The van der Waals surface area contributed by atoms with Gasteiger partial charge in [-0.15, -0.1) is 11.8 Å². The monoisotopic (exact) mass is 436 g/mol. The SMILES string of the molecule is CC1Sc2cc(S(=O)(=O)C(C)CC(=O)NCCC3=CCCCC3)ccc2NC1=O. The van der Waals surface area contributed by atoms with Crippen LogP contribution >= 0.6 is 11.8 Å². The Morgan fingerprint density at radius 1 is 1.34 bits per heavy atom. The standard InChI is InChI=1S/C21H28N2O4S2/c1-14(12-20(24)22-11-10-16-6-4-3-5-7-16)29(26,27)17-8-9-18-19(13-17)28-15(2)21(25)23-18/h6,8-9,13-15H,3-5,7,10-12H2,1-2H3,(H,22,24)(H,23,25). The van der Waals surface area contributed by atoms with Gasteiger partial charge in [-0.3, -0.25) is 9.59 Å². The van der Waals surface area contributed by atoms with Crippen LogP contribution in [-0.2, 0) is 19.4 Å². The van der Waals surface area contributed by atoms with Crippen LogP contribution in [0, 0.1) is 0 Å². The number of hydrogen-bond acceptors (Lipinski definition) is 5. The number of fused-ring (bicyclic) bond motifs is 1. The van der Waals surface area contributed by atoms with Crippen LogP contribution in [0.1, 0.15) is 52.4 Å². The van der Waals surface area contributed by atoms with Crippen molar-refractivity contribution < 1.29 is 18.0 Å². The van der Waals surface area contributed by atoms with E-state index >= 15 is 0 Å². The summed E-state index contributed by atoms with van der Waals surface area (Å²) < 4.78 is 25.9. The molecule has 1 aromatic rings. The maximum atomic E-state index is 12.9. The maximum Gasteiger partial charge on any atom is 0.237 e. The van der Waals surface area contributed by atoms with Crippen LogP contribution in [0.15, 0.2) is 39.6 Å². The molecule has 2 unspecified atom stereocenters. The van der Waals surface area contributed by atoms with Gasteiger partial charge in [-0.1, -0.05) is 11.6 Å². The van der Waals surface area contributed by atoms with Crippen molar-refractivity contribution in [3.8, 4) is 0 Å². The third-order valence-corrected chi connectivity index (χ3v) is 8.66. The number of sulfone groups is 1. The fourth-order valence-corrected chi connectivity index (χ4v) is 5.97. The second-order valence-electron chi connectivity index (χ2n) is 7.68. The van der Waals surface area contributed by atoms with E-state index in [0.29, 0.717) is 12.2 Å². The Hall–Kier alpha value is -1.80. The summed E-state index contributed by atoms with van der Waals surface area (Å²) >= 11 is 1.34. The van der Waals surface area contributed by atoms with Gasteiger partial charge < -0.3 is 10.6 Å². The zero-order chi connectivity index (χ0) is 21.0. The van der Waals surface area contributed by atoms with Crippen molar-refractivity contribution in [2.75, 3.05) is 11.9 Å². The van der Waals surface area contributed by atoms with Crippen molar-refractivity contribution in [2.45, 2.75) is 72.7 Å². The number of thioether (sulfide) groups is 1. The zero-order valence-electron chi connectivity index (χ0n) is 16.9. The minimum Gasteiger partial charge on any atom is -0.356 e. The summed E-state index contributed by atoms with van der Waals surface area (Å²) in [5, 5.41) is 4.53. The van der Waals surface area contributed by atoms with E-state index in [1.165, 1.54) is 36.2 Å². The number of allylic oxidation sites excluding steroid dienone is 1. The predicted molar refractivity (Wildman–Crippen MR) is 116 cm³/mol. The highest BCUT2D eigenvalue weighted by molar-refractivity contribution is 8.01. The smallest absolute Gasteiger partial charge is 0.237 e. The molecule has 3 rings (SSSR count). The number of hydrogen-bond donors (Lipinski definition) is 2. The van der Waals surface area contributed by atoms with Gasteiger partial charge in [-0.05, 0) is 64.2 Å². The van der Waals surface area contributed by atoms with E-state index in [9.17, 15) is 18.0 Å². The van der Waals surface area contributed by atoms with Crippen LogP contribution in [0.25, 0.3) is 0 Å². The highest BCUT2D eigenvalue weighted by atomic mass is 32.2. The molecule has 0 fully saturated rings. The lowest BCUT2D eigenvalue weighted by Gasteiger charge is -2.22. The molecule has 2 N–H and O–H groups in total. The molecule has 0 aromatic heterocycles. The Kier molecular flexibility index (Phi) is 7.05. The number of nitrogens with one attached hydrogen (secondary N) is 2. The van der Waals surface area contributed by atoms with Gasteiger partial charge in [-0.25, -0.2) is 8.42 Å². The molecule has 1 aliphatic carbocycles. The van der Waals surface area contributed by atoms with E-state index < -0.39 is 15.1 Å². The van der Waals surface area contributed by atoms with Gasteiger partial charge in [0, 0.05) is 17.9 Å². The van der Waals surface area contributed by atoms with E-state index in [4.69, 9.17) is 0 Å². The summed E-state index contributed by atoms with van der Waals surface area (Å²) in [4.78, 5) is 24.9. The van der Waals surface area contributed by atoms with Gasteiger partial charge in [-0.2, -0.15) is 0 Å². The first-order chi connectivity index (χ1) is 13.8. The van der Waals surface area contributed by atoms with Crippen LogP contribution in [0.3, 0.4) is 0 Å². The first-order valence-electron chi connectivity index (χ1n) is 10.1. The maximum absolute atomic E-state index is 12.9. The van der Waals surface area contributed by atoms with Gasteiger partial charge in [0.15, 0.2) is 9.84 Å².